The predicted molar refractivity (Wildman–Crippen MR) is 83.0 cm³/mol. The Morgan fingerprint density at radius 2 is 2.00 bits per heavy atom. The van der Waals surface area contributed by atoms with E-state index in [2.05, 4.69) is 33.1 Å². The minimum absolute atomic E-state index is 0.110. The highest BCUT2D eigenvalue weighted by atomic mass is 16.5. The van der Waals surface area contributed by atoms with Crippen molar-refractivity contribution >= 4 is 0 Å². The molecular formula is C17H33NO2. The second kappa shape index (κ2) is 6.76. The molecule has 2 fully saturated rings. The van der Waals surface area contributed by atoms with Crippen molar-refractivity contribution in [2.45, 2.75) is 83.0 Å². The van der Waals surface area contributed by atoms with Gasteiger partial charge in [0.15, 0.2) is 0 Å². The Balaban J connectivity index is 2.06. The van der Waals surface area contributed by atoms with Crippen LogP contribution in [0.1, 0.15) is 65.7 Å². The van der Waals surface area contributed by atoms with Crippen molar-refractivity contribution in [1.82, 2.24) is 5.32 Å². The van der Waals surface area contributed by atoms with Gasteiger partial charge in [-0.3, -0.25) is 0 Å². The van der Waals surface area contributed by atoms with Crippen LogP contribution in [-0.4, -0.2) is 37.5 Å². The van der Waals surface area contributed by atoms with Gasteiger partial charge in [0.1, 0.15) is 0 Å². The summed E-state index contributed by atoms with van der Waals surface area (Å²) >= 11 is 0. The van der Waals surface area contributed by atoms with Crippen LogP contribution in [0.2, 0.25) is 0 Å². The first-order valence-electron chi connectivity index (χ1n) is 8.48. The van der Waals surface area contributed by atoms with Gasteiger partial charge in [-0.05, 0) is 59.4 Å². The van der Waals surface area contributed by atoms with Crippen LogP contribution in [0.15, 0.2) is 0 Å². The second-order valence-electron chi connectivity index (χ2n) is 7.15. The van der Waals surface area contributed by atoms with E-state index in [9.17, 15) is 0 Å². The maximum atomic E-state index is 6.24. The molecule has 1 heterocycles. The first-order chi connectivity index (χ1) is 9.53. The number of hydrogen-bond donors (Lipinski definition) is 1. The Morgan fingerprint density at radius 3 is 2.60 bits per heavy atom. The molecule has 1 N–H and O–H groups in total. The molecule has 1 aliphatic carbocycles. The summed E-state index contributed by atoms with van der Waals surface area (Å²) in [4.78, 5) is 0. The molecule has 1 saturated heterocycles. The van der Waals surface area contributed by atoms with Gasteiger partial charge < -0.3 is 14.8 Å². The lowest BCUT2D eigenvalue weighted by atomic mass is 9.71. The average molecular weight is 283 g/mol. The van der Waals surface area contributed by atoms with Gasteiger partial charge in [-0.15, -0.1) is 0 Å². The third kappa shape index (κ3) is 3.55. The monoisotopic (exact) mass is 283 g/mol. The fourth-order valence-electron chi connectivity index (χ4n) is 4.51. The van der Waals surface area contributed by atoms with Crippen LogP contribution in [0, 0.1) is 5.92 Å². The second-order valence-corrected chi connectivity index (χ2v) is 7.15. The summed E-state index contributed by atoms with van der Waals surface area (Å²) in [7, 11) is 2.08. The van der Waals surface area contributed by atoms with E-state index in [1.54, 1.807) is 0 Å². The molecule has 0 aromatic carbocycles. The van der Waals surface area contributed by atoms with Gasteiger partial charge in [0.2, 0.25) is 0 Å². The molecule has 2 aliphatic rings. The Labute approximate surface area is 124 Å². The van der Waals surface area contributed by atoms with Crippen molar-refractivity contribution < 1.29 is 9.47 Å². The molecule has 0 aromatic heterocycles. The summed E-state index contributed by atoms with van der Waals surface area (Å²) in [5.74, 6) is 0.661. The number of rotatable bonds is 5. The topological polar surface area (TPSA) is 30.5 Å². The highest BCUT2D eigenvalue weighted by molar-refractivity contribution is 4.97. The maximum Gasteiger partial charge on any atom is 0.0781 e. The lowest BCUT2D eigenvalue weighted by Crippen LogP contribution is -2.55. The molecule has 1 saturated carbocycles. The molecule has 3 nitrogen and oxygen atoms in total. The molecule has 2 unspecified atom stereocenters. The van der Waals surface area contributed by atoms with Crippen molar-refractivity contribution in [2.24, 2.45) is 5.92 Å². The van der Waals surface area contributed by atoms with E-state index in [0.29, 0.717) is 12.0 Å². The van der Waals surface area contributed by atoms with Crippen LogP contribution in [-0.2, 0) is 9.47 Å². The highest BCUT2D eigenvalue weighted by Crippen LogP contribution is 2.43. The predicted octanol–water partition coefficient (Wildman–Crippen LogP) is 3.52. The third-order valence-electron chi connectivity index (χ3n) is 5.34. The van der Waals surface area contributed by atoms with Gasteiger partial charge in [-0.25, -0.2) is 0 Å². The van der Waals surface area contributed by atoms with E-state index in [1.165, 1.54) is 38.5 Å². The Bertz CT molecular complexity index is 292. The molecule has 20 heavy (non-hydrogen) atoms. The van der Waals surface area contributed by atoms with Crippen molar-refractivity contribution in [3.05, 3.63) is 0 Å². The average Bonchev–Trinajstić information content (AvgIpc) is 2.40. The van der Waals surface area contributed by atoms with E-state index in [1.807, 2.05) is 0 Å². The molecule has 0 bridgehead atoms. The van der Waals surface area contributed by atoms with Crippen LogP contribution in [0.5, 0.6) is 0 Å². The van der Waals surface area contributed by atoms with E-state index in [0.717, 1.165) is 19.6 Å². The molecule has 3 heteroatoms. The maximum absolute atomic E-state index is 6.24. The molecule has 0 amide bonds. The summed E-state index contributed by atoms with van der Waals surface area (Å²) in [6.07, 6.45) is 8.94. The largest absolute Gasteiger partial charge is 0.375 e. The Kier molecular flexibility index (Phi) is 5.49. The number of ether oxygens (including phenoxy) is 2. The zero-order chi connectivity index (χ0) is 14.6. The molecule has 2 atom stereocenters. The smallest absolute Gasteiger partial charge is 0.0781 e. The van der Waals surface area contributed by atoms with Crippen molar-refractivity contribution in [3.63, 3.8) is 0 Å². The fraction of sp³-hybridized carbons (Fsp3) is 1.00. The zero-order valence-corrected chi connectivity index (χ0v) is 13.8. The molecule has 0 aromatic rings. The lowest BCUT2D eigenvalue weighted by molar-refractivity contribution is -0.138. The van der Waals surface area contributed by atoms with Gasteiger partial charge >= 0.3 is 0 Å². The summed E-state index contributed by atoms with van der Waals surface area (Å²) in [6, 6.07) is 0.408. The van der Waals surface area contributed by atoms with Crippen LogP contribution in [0.3, 0.4) is 0 Å². The third-order valence-corrected chi connectivity index (χ3v) is 5.34. The molecule has 2 rings (SSSR count). The normalized spacial score (nSPS) is 28.5. The summed E-state index contributed by atoms with van der Waals surface area (Å²) in [5.41, 5.74) is 0.0694. The molecule has 118 valence electrons. The Hall–Kier alpha value is -0.120. The lowest BCUT2D eigenvalue weighted by Gasteiger charge is -2.48. The minimum atomic E-state index is -0.110. The van der Waals surface area contributed by atoms with Crippen molar-refractivity contribution in [2.75, 3.05) is 20.3 Å². The van der Waals surface area contributed by atoms with E-state index < -0.39 is 0 Å². The molecule has 1 spiro atoms. The van der Waals surface area contributed by atoms with Gasteiger partial charge in [0, 0.05) is 19.3 Å². The van der Waals surface area contributed by atoms with Gasteiger partial charge in [-0.1, -0.05) is 19.3 Å². The summed E-state index contributed by atoms with van der Waals surface area (Å²) in [5, 5.41) is 3.54. The first-order valence-corrected chi connectivity index (χ1v) is 8.48. The highest BCUT2D eigenvalue weighted by Gasteiger charge is 2.44. The van der Waals surface area contributed by atoms with E-state index in [-0.39, 0.29) is 11.2 Å². The van der Waals surface area contributed by atoms with Crippen LogP contribution in [0.4, 0.5) is 0 Å². The number of hydrogen-bond acceptors (Lipinski definition) is 3. The molecule has 1 aliphatic heterocycles. The number of nitrogens with one attached hydrogen (secondary N) is 1. The van der Waals surface area contributed by atoms with E-state index >= 15 is 0 Å². The number of likely N-dealkylation sites (N-methyl/N-ethyl adjacent to an activating group) is 1. The van der Waals surface area contributed by atoms with Crippen LogP contribution >= 0.6 is 0 Å². The quantitative estimate of drug-likeness (QED) is 0.837. The van der Waals surface area contributed by atoms with Crippen molar-refractivity contribution in [3.8, 4) is 0 Å². The first kappa shape index (κ1) is 16.3. The van der Waals surface area contributed by atoms with E-state index in [4.69, 9.17) is 9.47 Å². The molecule has 0 radical (unpaired) electrons. The minimum Gasteiger partial charge on any atom is -0.375 e. The standard InChI is InChI=1S/C17H33NO2/c1-5-19-16(2,3)15(18-4)14-9-12-20-17(13-14)10-7-6-8-11-17/h14-15,18H,5-13H2,1-4H3. The fourth-order valence-corrected chi connectivity index (χ4v) is 4.51. The van der Waals surface area contributed by atoms with Crippen LogP contribution < -0.4 is 5.32 Å². The summed E-state index contributed by atoms with van der Waals surface area (Å²) in [6.45, 7) is 8.23. The summed E-state index contributed by atoms with van der Waals surface area (Å²) < 4.78 is 12.2. The van der Waals surface area contributed by atoms with Gasteiger partial charge in [-0.2, -0.15) is 0 Å². The molecular weight excluding hydrogens is 250 g/mol. The van der Waals surface area contributed by atoms with Crippen molar-refractivity contribution in [1.29, 1.82) is 0 Å². The van der Waals surface area contributed by atoms with Gasteiger partial charge in [0.25, 0.3) is 0 Å². The Morgan fingerprint density at radius 1 is 1.30 bits per heavy atom. The van der Waals surface area contributed by atoms with Crippen LogP contribution in [0.25, 0.3) is 0 Å². The van der Waals surface area contributed by atoms with Gasteiger partial charge in [0.05, 0.1) is 11.2 Å². The SMILES string of the molecule is CCOC(C)(C)C(NC)C1CCOC2(CCCCC2)C1. The zero-order valence-electron chi connectivity index (χ0n) is 13.8.